The van der Waals surface area contributed by atoms with Crippen LogP contribution in [0.15, 0.2) is 12.2 Å². The molecule has 0 heterocycles. The molecule has 2 unspecified atom stereocenters. The fraction of sp³-hybridized carbons (Fsp3) is 0.750. The molecule has 0 amide bonds. The van der Waals surface area contributed by atoms with Gasteiger partial charge in [0.2, 0.25) is 0 Å². The van der Waals surface area contributed by atoms with E-state index in [4.69, 9.17) is 0 Å². The normalized spacial score (nSPS) is 15.9. The third-order valence-corrected chi connectivity index (χ3v) is 2.41. The van der Waals surface area contributed by atoms with Crippen molar-refractivity contribution >= 4 is 5.97 Å². The van der Waals surface area contributed by atoms with Crippen molar-refractivity contribution in [2.45, 2.75) is 34.1 Å². The van der Waals surface area contributed by atoms with E-state index in [1.54, 1.807) is 0 Å². The second kappa shape index (κ2) is 6.63. The average molecular weight is 198 g/mol. The maximum Gasteiger partial charge on any atom is 0.308 e. The average Bonchev–Trinajstić information content (AvgIpc) is 2.14. The van der Waals surface area contributed by atoms with Gasteiger partial charge in [-0.25, -0.2) is 0 Å². The number of carbonyl (C=O) groups excluding carboxylic acids is 1. The predicted molar refractivity (Wildman–Crippen MR) is 58.9 cm³/mol. The lowest BCUT2D eigenvalue weighted by Crippen LogP contribution is -2.18. The fourth-order valence-electron chi connectivity index (χ4n) is 1.13. The summed E-state index contributed by atoms with van der Waals surface area (Å²) in [6.07, 6.45) is 5.31. The lowest BCUT2D eigenvalue weighted by molar-refractivity contribution is -0.145. The largest absolute Gasteiger partial charge is 0.469 e. The number of rotatable bonds is 5. The summed E-state index contributed by atoms with van der Waals surface area (Å²) < 4.78 is 4.69. The zero-order valence-corrected chi connectivity index (χ0v) is 9.91. The van der Waals surface area contributed by atoms with E-state index in [-0.39, 0.29) is 17.8 Å². The van der Waals surface area contributed by atoms with Gasteiger partial charge in [0.15, 0.2) is 0 Å². The molecule has 0 aliphatic rings. The summed E-state index contributed by atoms with van der Waals surface area (Å²) in [6.45, 7) is 8.30. The van der Waals surface area contributed by atoms with Crippen molar-refractivity contribution in [2.75, 3.05) is 7.11 Å². The Labute approximate surface area is 87.3 Å². The maximum absolute atomic E-state index is 11.2. The molecular weight excluding hydrogens is 176 g/mol. The van der Waals surface area contributed by atoms with Crippen molar-refractivity contribution < 1.29 is 9.53 Å². The van der Waals surface area contributed by atoms with Crippen molar-refractivity contribution in [1.29, 1.82) is 0 Å². The summed E-state index contributed by atoms with van der Waals surface area (Å²) in [5.41, 5.74) is 0. The summed E-state index contributed by atoms with van der Waals surface area (Å²) in [4.78, 5) is 11.2. The van der Waals surface area contributed by atoms with Gasteiger partial charge in [0.25, 0.3) is 0 Å². The number of methoxy groups -OCH3 is 1. The Bertz CT molecular complexity index is 194. The van der Waals surface area contributed by atoms with E-state index in [1.165, 1.54) is 7.11 Å². The minimum atomic E-state index is -0.133. The molecule has 0 aromatic heterocycles. The zero-order chi connectivity index (χ0) is 11.1. The molecule has 0 aliphatic carbocycles. The molecule has 2 atom stereocenters. The van der Waals surface area contributed by atoms with E-state index >= 15 is 0 Å². The highest BCUT2D eigenvalue weighted by molar-refractivity contribution is 5.72. The first-order valence-electron chi connectivity index (χ1n) is 5.23. The summed E-state index contributed by atoms with van der Waals surface area (Å²) >= 11 is 0. The topological polar surface area (TPSA) is 26.3 Å². The molecule has 2 nitrogen and oxygen atoms in total. The van der Waals surface area contributed by atoms with Gasteiger partial charge in [-0.2, -0.15) is 0 Å². The highest BCUT2D eigenvalue weighted by atomic mass is 16.5. The molecule has 0 saturated heterocycles. The molecule has 0 aliphatic heterocycles. The number of allylic oxidation sites excluding steroid dienone is 2. The Balaban J connectivity index is 4.00. The fourth-order valence-corrected chi connectivity index (χ4v) is 1.13. The van der Waals surface area contributed by atoms with E-state index in [1.807, 2.05) is 13.8 Å². The van der Waals surface area contributed by atoms with Crippen LogP contribution in [0.5, 0.6) is 0 Å². The third-order valence-electron chi connectivity index (χ3n) is 2.41. The number of hydrogen-bond acceptors (Lipinski definition) is 2. The molecule has 14 heavy (non-hydrogen) atoms. The van der Waals surface area contributed by atoms with Crippen molar-refractivity contribution in [2.24, 2.45) is 17.8 Å². The molecular formula is C12H22O2. The monoisotopic (exact) mass is 198 g/mol. The van der Waals surface area contributed by atoms with Gasteiger partial charge < -0.3 is 4.74 Å². The minimum Gasteiger partial charge on any atom is -0.469 e. The van der Waals surface area contributed by atoms with E-state index in [0.29, 0.717) is 5.92 Å². The summed E-state index contributed by atoms with van der Waals surface area (Å²) in [7, 11) is 1.43. The number of hydrogen-bond donors (Lipinski definition) is 0. The summed E-state index contributed by atoms with van der Waals surface area (Å²) in [5, 5.41) is 0. The number of ether oxygens (including phenoxy) is 1. The van der Waals surface area contributed by atoms with E-state index in [0.717, 1.165) is 6.42 Å². The van der Waals surface area contributed by atoms with Crippen LogP contribution < -0.4 is 0 Å². The van der Waals surface area contributed by atoms with Crippen LogP contribution in [-0.2, 0) is 9.53 Å². The van der Waals surface area contributed by atoms with Crippen LogP contribution in [-0.4, -0.2) is 13.1 Å². The Hall–Kier alpha value is -0.790. The van der Waals surface area contributed by atoms with Crippen molar-refractivity contribution in [3.8, 4) is 0 Å². The van der Waals surface area contributed by atoms with E-state index < -0.39 is 0 Å². The summed E-state index contributed by atoms with van der Waals surface area (Å²) in [6, 6.07) is 0. The van der Waals surface area contributed by atoms with Crippen LogP contribution in [0.3, 0.4) is 0 Å². The first kappa shape index (κ1) is 13.2. The lowest BCUT2D eigenvalue weighted by Gasteiger charge is -2.13. The Morgan fingerprint density at radius 3 is 2.29 bits per heavy atom. The quantitative estimate of drug-likeness (QED) is 0.501. The molecule has 0 rings (SSSR count). The molecule has 0 N–H and O–H groups in total. The van der Waals surface area contributed by atoms with Gasteiger partial charge in [-0.3, -0.25) is 4.79 Å². The maximum atomic E-state index is 11.2. The molecule has 0 fully saturated rings. The highest BCUT2D eigenvalue weighted by Crippen LogP contribution is 2.14. The van der Waals surface area contributed by atoms with Gasteiger partial charge in [-0.1, -0.05) is 39.8 Å². The number of carbonyl (C=O) groups is 1. The van der Waals surface area contributed by atoms with Crippen LogP contribution >= 0.6 is 0 Å². The van der Waals surface area contributed by atoms with Gasteiger partial charge in [0, 0.05) is 0 Å². The SMILES string of the molecule is COC(=O)C(C)C(C)/C=C/CC(C)C. The van der Waals surface area contributed by atoms with Gasteiger partial charge in [0.05, 0.1) is 13.0 Å². The first-order chi connectivity index (χ1) is 6.49. The molecule has 0 radical (unpaired) electrons. The van der Waals surface area contributed by atoms with Gasteiger partial charge >= 0.3 is 5.97 Å². The third kappa shape index (κ3) is 5.05. The Morgan fingerprint density at radius 1 is 1.29 bits per heavy atom. The van der Waals surface area contributed by atoms with Crippen LogP contribution in [0.2, 0.25) is 0 Å². The lowest BCUT2D eigenvalue weighted by atomic mass is 9.95. The Morgan fingerprint density at radius 2 is 1.86 bits per heavy atom. The second-order valence-electron chi connectivity index (χ2n) is 4.23. The van der Waals surface area contributed by atoms with Crippen molar-refractivity contribution in [3.05, 3.63) is 12.2 Å². The standard InChI is InChI=1S/C12H22O2/c1-9(2)7-6-8-10(3)11(4)12(13)14-5/h6,8-11H,7H2,1-5H3/b8-6+. The molecule has 2 heteroatoms. The van der Waals surface area contributed by atoms with E-state index in [2.05, 4.69) is 30.7 Å². The molecule has 0 aromatic rings. The predicted octanol–water partition coefficient (Wildman–Crippen LogP) is 3.03. The van der Waals surface area contributed by atoms with Crippen molar-refractivity contribution in [3.63, 3.8) is 0 Å². The molecule has 0 spiro atoms. The minimum absolute atomic E-state index is 0.0524. The molecule has 0 aromatic carbocycles. The first-order valence-corrected chi connectivity index (χ1v) is 5.23. The smallest absolute Gasteiger partial charge is 0.308 e. The highest BCUT2D eigenvalue weighted by Gasteiger charge is 2.18. The summed E-state index contributed by atoms with van der Waals surface area (Å²) in [5.74, 6) is 0.739. The second-order valence-corrected chi connectivity index (χ2v) is 4.23. The molecule has 82 valence electrons. The number of esters is 1. The van der Waals surface area contributed by atoms with Crippen LogP contribution in [0.4, 0.5) is 0 Å². The van der Waals surface area contributed by atoms with Crippen LogP contribution in [0.25, 0.3) is 0 Å². The zero-order valence-electron chi connectivity index (χ0n) is 9.91. The van der Waals surface area contributed by atoms with Crippen LogP contribution in [0, 0.1) is 17.8 Å². The van der Waals surface area contributed by atoms with Gasteiger partial charge in [-0.15, -0.1) is 0 Å². The molecule has 0 saturated carbocycles. The van der Waals surface area contributed by atoms with Gasteiger partial charge in [-0.05, 0) is 18.3 Å². The van der Waals surface area contributed by atoms with Crippen molar-refractivity contribution in [1.82, 2.24) is 0 Å². The van der Waals surface area contributed by atoms with E-state index in [9.17, 15) is 4.79 Å². The Kier molecular flexibility index (Phi) is 6.26. The van der Waals surface area contributed by atoms with Crippen LogP contribution in [0.1, 0.15) is 34.1 Å². The molecule has 0 bridgehead atoms. The van der Waals surface area contributed by atoms with Gasteiger partial charge in [0.1, 0.15) is 0 Å².